The van der Waals surface area contributed by atoms with Crippen LogP contribution in [-0.2, 0) is 6.42 Å². The van der Waals surface area contributed by atoms with Gasteiger partial charge in [-0.2, -0.15) is 0 Å². The van der Waals surface area contributed by atoms with Crippen LogP contribution in [0, 0.1) is 5.82 Å². The van der Waals surface area contributed by atoms with Crippen molar-refractivity contribution in [2.24, 2.45) is 0 Å². The average Bonchev–Trinajstić information content (AvgIpc) is 2.82. The van der Waals surface area contributed by atoms with E-state index in [0.29, 0.717) is 5.56 Å². The van der Waals surface area contributed by atoms with E-state index < -0.39 is 0 Å². The molecule has 17 heavy (non-hydrogen) atoms. The van der Waals surface area contributed by atoms with E-state index in [2.05, 4.69) is 15.3 Å². The minimum absolute atomic E-state index is 0.0246. The number of aromatic nitrogens is 2. The number of pyridine rings is 1. The van der Waals surface area contributed by atoms with Crippen LogP contribution in [0.1, 0.15) is 23.4 Å². The van der Waals surface area contributed by atoms with Crippen LogP contribution in [0.4, 0.5) is 4.39 Å². The van der Waals surface area contributed by atoms with E-state index in [0.717, 1.165) is 17.8 Å². The fourth-order valence-corrected chi connectivity index (χ4v) is 2.39. The highest BCUT2D eigenvalue weighted by atomic mass is 32.1. The molecule has 0 fully saturated rings. The minimum Gasteiger partial charge on any atom is -0.310 e. The third-order valence-electron chi connectivity index (χ3n) is 2.52. The van der Waals surface area contributed by atoms with E-state index in [4.69, 9.17) is 0 Å². The van der Waals surface area contributed by atoms with Crippen LogP contribution in [0.5, 0.6) is 0 Å². The van der Waals surface area contributed by atoms with E-state index in [9.17, 15) is 4.39 Å². The lowest BCUT2D eigenvalue weighted by Gasteiger charge is -2.17. The monoisotopic (exact) mass is 251 g/mol. The normalized spacial score (nSPS) is 12.6. The van der Waals surface area contributed by atoms with Crippen LogP contribution in [0.3, 0.4) is 0 Å². The van der Waals surface area contributed by atoms with E-state index in [1.165, 1.54) is 6.20 Å². The van der Waals surface area contributed by atoms with Crippen molar-refractivity contribution in [3.05, 3.63) is 46.4 Å². The number of hydrogen-bond donors (Lipinski definition) is 1. The summed E-state index contributed by atoms with van der Waals surface area (Å²) in [7, 11) is 0. The highest BCUT2D eigenvalue weighted by Crippen LogP contribution is 2.22. The summed E-state index contributed by atoms with van der Waals surface area (Å²) in [4.78, 5) is 8.95. The Morgan fingerprint density at radius 1 is 1.41 bits per heavy atom. The molecule has 0 amide bonds. The summed E-state index contributed by atoms with van der Waals surface area (Å²) >= 11 is 1.59. The van der Waals surface area contributed by atoms with Gasteiger partial charge in [-0.05, 0) is 12.6 Å². The van der Waals surface area contributed by atoms with Crippen molar-refractivity contribution in [1.29, 1.82) is 0 Å². The molecule has 1 atom stereocenters. The lowest BCUT2D eigenvalue weighted by Crippen LogP contribution is -2.23. The quantitative estimate of drug-likeness (QED) is 0.887. The van der Waals surface area contributed by atoms with Gasteiger partial charge in [-0.25, -0.2) is 4.39 Å². The Kier molecular flexibility index (Phi) is 4.17. The number of hydrogen-bond acceptors (Lipinski definition) is 4. The summed E-state index contributed by atoms with van der Waals surface area (Å²) in [5.41, 5.74) is 2.46. The number of likely N-dealkylation sites (N-methyl/N-ethyl adjacent to an activating group) is 1. The summed E-state index contributed by atoms with van der Waals surface area (Å²) in [6.07, 6.45) is 5.45. The van der Waals surface area contributed by atoms with Crippen molar-refractivity contribution in [3.63, 3.8) is 0 Å². The van der Waals surface area contributed by atoms with Gasteiger partial charge in [0.25, 0.3) is 0 Å². The molecule has 1 unspecified atom stereocenters. The highest BCUT2D eigenvalue weighted by molar-refractivity contribution is 7.09. The number of nitrogens with one attached hydrogen (secondary N) is 1. The van der Waals surface area contributed by atoms with Crippen molar-refractivity contribution in [3.8, 4) is 0 Å². The van der Waals surface area contributed by atoms with Crippen LogP contribution >= 0.6 is 11.3 Å². The van der Waals surface area contributed by atoms with Crippen LogP contribution in [0.25, 0.3) is 0 Å². The molecule has 0 aromatic carbocycles. The maximum Gasteiger partial charge on any atom is 0.146 e. The van der Waals surface area contributed by atoms with Crippen molar-refractivity contribution < 1.29 is 4.39 Å². The standard InChI is InChI=1S/C12H14FN3S/c1-2-16-12(5-9-6-15-8-17-9)10-3-4-14-7-11(10)13/h3-4,6-8,12,16H,2,5H2,1H3. The molecule has 2 rings (SSSR count). The second-order valence-electron chi connectivity index (χ2n) is 3.68. The second kappa shape index (κ2) is 5.84. The van der Waals surface area contributed by atoms with Crippen molar-refractivity contribution in [2.75, 3.05) is 6.54 Å². The Bertz CT molecular complexity index is 459. The molecular weight excluding hydrogens is 237 g/mol. The highest BCUT2D eigenvalue weighted by Gasteiger charge is 2.15. The molecular formula is C12H14FN3S. The number of thiazole rings is 1. The van der Waals surface area contributed by atoms with Crippen molar-refractivity contribution >= 4 is 11.3 Å². The van der Waals surface area contributed by atoms with Crippen LogP contribution in [-0.4, -0.2) is 16.5 Å². The lowest BCUT2D eigenvalue weighted by molar-refractivity contribution is 0.509. The Hall–Kier alpha value is -1.33. The molecule has 0 radical (unpaired) electrons. The second-order valence-corrected chi connectivity index (χ2v) is 4.65. The van der Waals surface area contributed by atoms with Gasteiger partial charge in [0.1, 0.15) is 5.82 Å². The first-order chi connectivity index (χ1) is 8.31. The molecule has 2 heterocycles. The zero-order valence-electron chi connectivity index (χ0n) is 9.56. The Balaban J connectivity index is 2.20. The SMILES string of the molecule is CCNC(Cc1cncs1)c1ccncc1F. The largest absolute Gasteiger partial charge is 0.310 e. The predicted molar refractivity (Wildman–Crippen MR) is 66.4 cm³/mol. The van der Waals surface area contributed by atoms with Crippen molar-refractivity contribution in [1.82, 2.24) is 15.3 Å². The first-order valence-electron chi connectivity index (χ1n) is 5.51. The molecule has 3 nitrogen and oxygen atoms in total. The van der Waals surface area contributed by atoms with Gasteiger partial charge in [0.15, 0.2) is 0 Å². The Labute approximate surface area is 104 Å². The molecule has 0 saturated carbocycles. The van der Waals surface area contributed by atoms with Crippen LogP contribution in [0.15, 0.2) is 30.2 Å². The van der Waals surface area contributed by atoms with Gasteiger partial charge in [-0.1, -0.05) is 6.92 Å². The molecule has 0 aliphatic heterocycles. The molecule has 2 aromatic heterocycles. The minimum atomic E-state index is -0.261. The van der Waals surface area contributed by atoms with Gasteiger partial charge in [-0.3, -0.25) is 9.97 Å². The van der Waals surface area contributed by atoms with E-state index in [1.54, 1.807) is 29.1 Å². The van der Waals surface area contributed by atoms with E-state index >= 15 is 0 Å². The summed E-state index contributed by atoms with van der Waals surface area (Å²) in [6, 6.07) is 1.70. The summed E-state index contributed by atoms with van der Waals surface area (Å²) in [6.45, 7) is 2.81. The van der Waals surface area contributed by atoms with E-state index in [-0.39, 0.29) is 11.9 Å². The maximum atomic E-state index is 13.7. The molecule has 2 aromatic rings. The number of halogens is 1. The fraction of sp³-hybridized carbons (Fsp3) is 0.333. The predicted octanol–water partition coefficient (Wildman–Crippen LogP) is 2.57. The van der Waals surface area contributed by atoms with Crippen molar-refractivity contribution in [2.45, 2.75) is 19.4 Å². The van der Waals surface area contributed by atoms with Crippen LogP contribution in [0.2, 0.25) is 0 Å². The first kappa shape index (κ1) is 12.1. The summed E-state index contributed by atoms with van der Waals surface area (Å²) in [5.74, 6) is -0.261. The maximum absolute atomic E-state index is 13.7. The van der Waals surface area contributed by atoms with Gasteiger partial charge in [0, 0.05) is 35.3 Å². The lowest BCUT2D eigenvalue weighted by atomic mass is 10.0. The molecule has 90 valence electrons. The molecule has 0 saturated heterocycles. The molecule has 5 heteroatoms. The summed E-state index contributed by atoms with van der Waals surface area (Å²) in [5, 5.41) is 3.29. The van der Waals surface area contributed by atoms with Crippen LogP contribution < -0.4 is 5.32 Å². The number of nitrogens with zero attached hydrogens (tertiary/aromatic N) is 2. The topological polar surface area (TPSA) is 37.8 Å². The number of rotatable bonds is 5. The van der Waals surface area contributed by atoms with Gasteiger partial charge in [0.05, 0.1) is 11.7 Å². The average molecular weight is 251 g/mol. The first-order valence-corrected chi connectivity index (χ1v) is 6.39. The Morgan fingerprint density at radius 2 is 2.29 bits per heavy atom. The zero-order chi connectivity index (χ0) is 12.1. The van der Waals surface area contributed by atoms with Gasteiger partial charge < -0.3 is 5.32 Å². The molecule has 0 aliphatic rings. The van der Waals surface area contributed by atoms with E-state index in [1.807, 2.05) is 13.1 Å². The third-order valence-corrected chi connectivity index (χ3v) is 3.32. The molecule has 0 bridgehead atoms. The van der Waals surface area contributed by atoms with Gasteiger partial charge in [-0.15, -0.1) is 11.3 Å². The molecule has 1 N–H and O–H groups in total. The zero-order valence-corrected chi connectivity index (χ0v) is 10.4. The summed E-state index contributed by atoms with van der Waals surface area (Å²) < 4.78 is 13.7. The Morgan fingerprint density at radius 3 is 2.94 bits per heavy atom. The smallest absolute Gasteiger partial charge is 0.146 e. The third kappa shape index (κ3) is 3.08. The van der Waals surface area contributed by atoms with Gasteiger partial charge >= 0.3 is 0 Å². The molecule has 0 aliphatic carbocycles. The fourth-order valence-electron chi connectivity index (χ4n) is 1.75. The molecule has 0 spiro atoms. The van der Waals surface area contributed by atoms with Gasteiger partial charge in [0.2, 0.25) is 0 Å².